The van der Waals surface area contributed by atoms with E-state index >= 15 is 0 Å². The summed E-state index contributed by atoms with van der Waals surface area (Å²) >= 11 is 1.56. The molecular weight excluding hydrogens is 478 g/mol. The number of aromatic nitrogens is 4. The minimum Gasteiger partial charge on any atom is -0.391 e. The first-order valence-corrected chi connectivity index (χ1v) is 12.9. The van der Waals surface area contributed by atoms with Crippen molar-refractivity contribution in [2.24, 2.45) is 0 Å². The molecule has 2 aliphatic heterocycles. The predicted octanol–water partition coefficient (Wildman–Crippen LogP) is 3.05. The fourth-order valence-corrected chi connectivity index (χ4v) is 5.61. The molecule has 0 radical (unpaired) electrons. The number of fused-ring (bicyclic) bond motifs is 1. The number of nitrogens with zero attached hydrogens (tertiary/aromatic N) is 5. The van der Waals surface area contributed by atoms with Gasteiger partial charge in [-0.3, -0.25) is 9.78 Å². The van der Waals surface area contributed by atoms with Crippen LogP contribution in [0.25, 0.3) is 21.5 Å². The Balaban J connectivity index is 1.31. The molecule has 4 aromatic rings. The van der Waals surface area contributed by atoms with Gasteiger partial charge in [-0.2, -0.15) is 4.98 Å². The number of carbonyl (C=O) groups is 1. The zero-order chi connectivity index (χ0) is 24.6. The summed E-state index contributed by atoms with van der Waals surface area (Å²) in [7, 11) is 0. The highest BCUT2D eigenvalue weighted by atomic mass is 32.1. The fraction of sp³-hybridized carbons (Fsp3) is 0.360. The van der Waals surface area contributed by atoms with Crippen LogP contribution in [0.2, 0.25) is 0 Å². The predicted molar refractivity (Wildman–Crippen MR) is 140 cm³/mol. The summed E-state index contributed by atoms with van der Waals surface area (Å²) in [5.74, 6) is 0.370. The third kappa shape index (κ3) is 4.52. The van der Waals surface area contributed by atoms with Crippen molar-refractivity contribution in [3.8, 4) is 11.1 Å². The first-order chi connectivity index (χ1) is 17.5. The number of aliphatic hydroxyl groups is 1. The number of rotatable bonds is 5. The number of H-pyrrole nitrogens is 1. The van der Waals surface area contributed by atoms with Gasteiger partial charge in [-0.1, -0.05) is 11.3 Å². The number of pyridine rings is 2. The van der Waals surface area contributed by atoms with E-state index in [1.54, 1.807) is 17.5 Å². The van der Waals surface area contributed by atoms with Gasteiger partial charge >= 0.3 is 0 Å². The molecule has 3 N–H and O–H groups in total. The molecule has 2 aliphatic rings. The highest BCUT2D eigenvalue weighted by molar-refractivity contribution is 7.22. The minimum atomic E-state index is -0.417. The van der Waals surface area contributed by atoms with E-state index in [0.717, 1.165) is 39.7 Å². The largest absolute Gasteiger partial charge is 0.391 e. The van der Waals surface area contributed by atoms with Gasteiger partial charge in [0.15, 0.2) is 16.6 Å². The van der Waals surface area contributed by atoms with Crippen molar-refractivity contribution in [1.29, 1.82) is 0 Å². The molecule has 0 unspecified atom stereocenters. The average molecular weight is 506 g/mol. The first-order valence-electron chi connectivity index (χ1n) is 12.0. The Morgan fingerprint density at radius 3 is 2.81 bits per heavy atom. The molecular formula is C25H27N7O3S. The normalized spacial score (nSPS) is 18.2. The molecule has 2 saturated heterocycles. The number of carbonyl (C=O) groups excluding carboxylic acids is 1. The Bertz CT molecular complexity index is 1410. The van der Waals surface area contributed by atoms with Gasteiger partial charge in [0.05, 0.1) is 29.7 Å². The van der Waals surface area contributed by atoms with Crippen LogP contribution in [0.3, 0.4) is 0 Å². The van der Waals surface area contributed by atoms with Gasteiger partial charge in [0, 0.05) is 49.8 Å². The van der Waals surface area contributed by atoms with Crippen LogP contribution in [0, 0.1) is 6.92 Å². The number of β-amino-alcohol motifs (C(OH)–C–C–N with tert-alkyl or cyclic N) is 1. The Morgan fingerprint density at radius 1 is 1.17 bits per heavy atom. The summed E-state index contributed by atoms with van der Waals surface area (Å²) in [5.41, 5.74) is 4.52. The van der Waals surface area contributed by atoms with Crippen LogP contribution in [0.1, 0.15) is 22.6 Å². The van der Waals surface area contributed by atoms with Crippen LogP contribution >= 0.6 is 11.3 Å². The van der Waals surface area contributed by atoms with Crippen molar-refractivity contribution in [2.75, 3.05) is 54.5 Å². The number of hydrogen-bond acceptors (Lipinski definition) is 9. The van der Waals surface area contributed by atoms with E-state index in [2.05, 4.69) is 20.2 Å². The third-order valence-electron chi connectivity index (χ3n) is 6.50. The van der Waals surface area contributed by atoms with Gasteiger partial charge in [-0.05, 0) is 43.2 Å². The Labute approximate surface area is 212 Å². The molecule has 1 amide bonds. The molecule has 0 bridgehead atoms. The summed E-state index contributed by atoms with van der Waals surface area (Å²) < 4.78 is 6.37. The highest BCUT2D eigenvalue weighted by Crippen LogP contribution is 2.36. The molecule has 11 heteroatoms. The van der Waals surface area contributed by atoms with E-state index in [1.807, 2.05) is 42.3 Å². The lowest BCUT2D eigenvalue weighted by atomic mass is 10.1. The second-order valence-electron chi connectivity index (χ2n) is 9.11. The van der Waals surface area contributed by atoms with Crippen LogP contribution in [-0.2, 0) is 4.74 Å². The van der Waals surface area contributed by atoms with Crippen molar-refractivity contribution in [3.05, 3.63) is 48.0 Å². The molecule has 1 atom stereocenters. The molecule has 4 aromatic heterocycles. The Hall–Kier alpha value is -3.54. The quantitative estimate of drug-likeness (QED) is 0.379. The summed E-state index contributed by atoms with van der Waals surface area (Å²) in [4.78, 5) is 34.4. The van der Waals surface area contributed by atoms with E-state index in [9.17, 15) is 9.90 Å². The molecule has 0 saturated carbocycles. The molecule has 10 nitrogen and oxygen atoms in total. The Morgan fingerprint density at radius 2 is 2.03 bits per heavy atom. The zero-order valence-electron chi connectivity index (χ0n) is 19.9. The number of thiazole rings is 1. The van der Waals surface area contributed by atoms with Crippen molar-refractivity contribution in [2.45, 2.75) is 19.4 Å². The number of amides is 1. The van der Waals surface area contributed by atoms with Gasteiger partial charge in [0.1, 0.15) is 5.69 Å². The average Bonchev–Trinajstić information content (AvgIpc) is 3.63. The number of anilines is 3. The first kappa shape index (κ1) is 22.9. The molecule has 6 heterocycles. The smallest absolute Gasteiger partial charge is 0.272 e. The highest BCUT2D eigenvalue weighted by Gasteiger charge is 2.26. The van der Waals surface area contributed by atoms with Crippen LogP contribution < -0.4 is 15.1 Å². The lowest BCUT2D eigenvalue weighted by molar-refractivity contribution is 0.102. The maximum atomic E-state index is 13.3. The van der Waals surface area contributed by atoms with Crippen molar-refractivity contribution < 1.29 is 14.6 Å². The van der Waals surface area contributed by atoms with E-state index in [0.29, 0.717) is 55.6 Å². The van der Waals surface area contributed by atoms with Crippen molar-refractivity contribution in [3.63, 3.8) is 0 Å². The van der Waals surface area contributed by atoms with Crippen molar-refractivity contribution >= 4 is 44.2 Å². The number of aryl methyl sites for hydroxylation is 1. The molecule has 2 fully saturated rings. The monoisotopic (exact) mass is 505 g/mol. The summed E-state index contributed by atoms with van der Waals surface area (Å²) in [6.07, 6.45) is 3.82. The number of nitrogens with one attached hydrogen (secondary N) is 2. The van der Waals surface area contributed by atoms with E-state index in [4.69, 9.17) is 14.7 Å². The van der Waals surface area contributed by atoms with Crippen LogP contribution in [0.5, 0.6) is 0 Å². The van der Waals surface area contributed by atoms with Gasteiger partial charge in [0.25, 0.3) is 5.91 Å². The minimum absolute atomic E-state index is 0.257. The second-order valence-corrected chi connectivity index (χ2v) is 10.1. The summed E-state index contributed by atoms with van der Waals surface area (Å²) in [6.45, 7) is 6.01. The zero-order valence-corrected chi connectivity index (χ0v) is 20.7. The molecule has 186 valence electrons. The molecule has 6 rings (SSSR count). The molecule has 0 aliphatic carbocycles. The van der Waals surface area contributed by atoms with Gasteiger partial charge in [0.2, 0.25) is 0 Å². The maximum absolute atomic E-state index is 13.3. The van der Waals surface area contributed by atoms with Gasteiger partial charge in [-0.15, -0.1) is 0 Å². The SMILES string of the molecule is Cc1cc(-c2c[nH]c(C(=O)Nc3cc4sc(N5CCOCC5)nc4nc3N3CC[C@@H](O)C3)c2)ccn1. The number of aliphatic hydroxyl groups excluding tert-OH is 1. The second kappa shape index (κ2) is 9.49. The topological polar surface area (TPSA) is 120 Å². The lowest BCUT2D eigenvalue weighted by Gasteiger charge is -2.25. The summed E-state index contributed by atoms with van der Waals surface area (Å²) in [5, 5.41) is 14.1. The molecule has 36 heavy (non-hydrogen) atoms. The number of morpholine rings is 1. The third-order valence-corrected chi connectivity index (χ3v) is 7.55. The maximum Gasteiger partial charge on any atom is 0.272 e. The van der Waals surface area contributed by atoms with E-state index in [-0.39, 0.29) is 5.91 Å². The number of hydrogen-bond donors (Lipinski definition) is 3. The van der Waals surface area contributed by atoms with E-state index < -0.39 is 6.10 Å². The van der Waals surface area contributed by atoms with Crippen molar-refractivity contribution in [1.82, 2.24) is 19.9 Å². The van der Waals surface area contributed by atoms with E-state index in [1.165, 1.54) is 0 Å². The fourth-order valence-electron chi connectivity index (χ4n) is 4.61. The van der Waals surface area contributed by atoms with Crippen LogP contribution in [-0.4, -0.2) is 76.4 Å². The number of aromatic amines is 1. The molecule has 0 spiro atoms. The Kier molecular flexibility index (Phi) is 6.04. The van der Waals surface area contributed by atoms with Crippen LogP contribution in [0.15, 0.2) is 36.7 Å². The summed E-state index contributed by atoms with van der Waals surface area (Å²) in [6, 6.07) is 7.67. The lowest BCUT2D eigenvalue weighted by Crippen LogP contribution is -2.36. The van der Waals surface area contributed by atoms with Gasteiger partial charge < -0.3 is 29.9 Å². The standard InChI is InChI=1S/C25H27N7O3S/c1-15-10-16(2-4-26-15)17-11-20(27-13-17)24(34)28-19-12-21-22(29-23(19)32-5-3-18(33)14-32)30-25(36-21)31-6-8-35-9-7-31/h2,4,10-13,18,27,33H,3,5-9,14H2,1H3,(H,28,34)/t18-/m1/s1. The van der Waals surface area contributed by atoms with Crippen LogP contribution in [0.4, 0.5) is 16.6 Å². The van der Waals surface area contributed by atoms with Gasteiger partial charge in [-0.25, -0.2) is 4.98 Å². The number of ether oxygens (including phenoxy) is 1. The molecule has 0 aromatic carbocycles.